The minimum atomic E-state index is -0.433. The molecule has 2 aromatic carbocycles. The molecular formula is C19H16Cl2N2O2. The van der Waals surface area contributed by atoms with Crippen molar-refractivity contribution in [3.8, 4) is 0 Å². The largest absolute Gasteiger partial charge is 0.377 e. The van der Waals surface area contributed by atoms with Crippen LogP contribution in [0, 0.1) is 23.0 Å². The van der Waals surface area contributed by atoms with E-state index in [0.29, 0.717) is 5.92 Å². The van der Waals surface area contributed by atoms with Gasteiger partial charge in [0.15, 0.2) is 0 Å². The van der Waals surface area contributed by atoms with Gasteiger partial charge in [-0.25, -0.2) is 0 Å². The lowest BCUT2D eigenvalue weighted by molar-refractivity contribution is -0.384. The van der Waals surface area contributed by atoms with Crippen molar-refractivity contribution in [3.63, 3.8) is 0 Å². The number of nitro benzene ring substituents is 1. The van der Waals surface area contributed by atoms with Crippen LogP contribution in [0.3, 0.4) is 0 Å². The van der Waals surface area contributed by atoms with Crippen LogP contribution < -0.4 is 5.32 Å². The van der Waals surface area contributed by atoms with Crippen LogP contribution in [0.25, 0.3) is 0 Å². The van der Waals surface area contributed by atoms with E-state index in [4.69, 9.17) is 23.2 Å². The number of fused-ring (bicyclic) bond motifs is 3. The number of halogens is 2. The average molecular weight is 375 g/mol. The Morgan fingerprint density at radius 2 is 2.04 bits per heavy atom. The second kappa shape index (κ2) is 6.04. The van der Waals surface area contributed by atoms with Gasteiger partial charge in [-0.05, 0) is 54.2 Å². The van der Waals surface area contributed by atoms with Crippen molar-refractivity contribution in [3.05, 3.63) is 79.3 Å². The SMILES string of the molecule is Cc1cc(Cl)cc2c1N[C@H](c1ccc(Cl)c([N+](=O)[O-])c1)[C@H]1CC=C[C@H]21. The Morgan fingerprint density at radius 1 is 1.24 bits per heavy atom. The number of nitro groups is 1. The molecule has 1 aliphatic carbocycles. The van der Waals surface area contributed by atoms with E-state index in [1.54, 1.807) is 12.1 Å². The summed E-state index contributed by atoms with van der Waals surface area (Å²) in [4.78, 5) is 10.8. The third-order valence-corrected chi connectivity index (χ3v) is 5.69. The number of nitrogens with zero attached hydrogens (tertiary/aromatic N) is 1. The van der Waals surface area contributed by atoms with Crippen LogP contribution in [0.4, 0.5) is 11.4 Å². The minimum Gasteiger partial charge on any atom is -0.377 e. The van der Waals surface area contributed by atoms with Crippen molar-refractivity contribution >= 4 is 34.6 Å². The van der Waals surface area contributed by atoms with E-state index < -0.39 is 4.92 Å². The number of aryl methyl sites for hydroxylation is 1. The van der Waals surface area contributed by atoms with Crippen molar-refractivity contribution in [2.75, 3.05) is 5.32 Å². The molecule has 0 fully saturated rings. The lowest BCUT2D eigenvalue weighted by Crippen LogP contribution is -2.29. The van der Waals surface area contributed by atoms with E-state index in [0.717, 1.165) is 28.3 Å². The lowest BCUT2D eigenvalue weighted by atomic mass is 9.76. The molecule has 1 heterocycles. The second-order valence-electron chi connectivity index (χ2n) is 6.63. The highest BCUT2D eigenvalue weighted by Crippen LogP contribution is 2.51. The molecule has 4 rings (SSSR count). The van der Waals surface area contributed by atoms with E-state index in [2.05, 4.69) is 17.5 Å². The number of rotatable bonds is 2. The molecule has 0 aromatic heterocycles. The highest BCUT2D eigenvalue weighted by molar-refractivity contribution is 6.32. The van der Waals surface area contributed by atoms with Gasteiger partial charge >= 0.3 is 0 Å². The molecule has 2 aromatic rings. The number of benzene rings is 2. The summed E-state index contributed by atoms with van der Waals surface area (Å²) in [5, 5.41) is 15.7. The third kappa shape index (κ3) is 2.70. The molecule has 0 amide bonds. The van der Waals surface area contributed by atoms with Crippen molar-refractivity contribution in [2.45, 2.75) is 25.3 Å². The van der Waals surface area contributed by atoms with Gasteiger partial charge in [0, 0.05) is 22.7 Å². The summed E-state index contributed by atoms with van der Waals surface area (Å²) in [6, 6.07) is 9.02. The van der Waals surface area contributed by atoms with Crippen LogP contribution in [-0.2, 0) is 0 Å². The molecule has 0 spiro atoms. The molecule has 128 valence electrons. The van der Waals surface area contributed by atoms with E-state index in [1.807, 2.05) is 25.1 Å². The van der Waals surface area contributed by atoms with Gasteiger partial charge in [0.1, 0.15) is 5.02 Å². The summed E-state index contributed by atoms with van der Waals surface area (Å²) in [6.45, 7) is 2.03. The standard InChI is InChI=1S/C19H16Cl2N2O2/c1-10-7-12(20)9-15-13-3-2-4-14(13)19(22-18(10)15)11-5-6-16(21)17(8-11)23(24)25/h2-3,5-9,13-14,19,22H,4H2,1H3/t13-,14-,19+/m0/s1. The van der Waals surface area contributed by atoms with Crippen LogP contribution in [0.15, 0.2) is 42.5 Å². The van der Waals surface area contributed by atoms with Crippen molar-refractivity contribution in [1.29, 1.82) is 0 Å². The van der Waals surface area contributed by atoms with Crippen LogP contribution in [0.1, 0.15) is 35.1 Å². The number of nitrogens with one attached hydrogen (secondary N) is 1. The molecule has 0 saturated carbocycles. The Balaban J connectivity index is 1.82. The Morgan fingerprint density at radius 3 is 2.80 bits per heavy atom. The van der Waals surface area contributed by atoms with Crippen LogP contribution in [0.5, 0.6) is 0 Å². The van der Waals surface area contributed by atoms with Gasteiger partial charge in [0.25, 0.3) is 5.69 Å². The maximum atomic E-state index is 11.2. The maximum Gasteiger partial charge on any atom is 0.288 e. The van der Waals surface area contributed by atoms with Crippen molar-refractivity contribution in [1.82, 2.24) is 0 Å². The second-order valence-corrected chi connectivity index (χ2v) is 7.47. The lowest BCUT2D eigenvalue weighted by Gasteiger charge is -2.38. The van der Waals surface area contributed by atoms with E-state index in [-0.39, 0.29) is 22.7 Å². The average Bonchev–Trinajstić information content (AvgIpc) is 3.04. The van der Waals surface area contributed by atoms with Crippen molar-refractivity contribution < 1.29 is 4.92 Å². The number of hydrogen-bond donors (Lipinski definition) is 1. The molecule has 1 N–H and O–H groups in total. The Labute approximate surface area is 155 Å². The minimum absolute atomic E-state index is 0.0108. The molecule has 0 unspecified atom stereocenters. The summed E-state index contributed by atoms with van der Waals surface area (Å²) in [5.74, 6) is 0.555. The Hall–Kier alpha value is -2.04. The molecule has 25 heavy (non-hydrogen) atoms. The highest BCUT2D eigenvalue weighted by atomic mass is 35.5. The van der Waals surface area contributed by atoms with Crippen molar-refractivity contribution in [2.24, 2.45) is 5.92 Å². The number of allylic oxidation sites excluding steroid dienone is 2. The summed E-state index contributed by atoms with van der Waals surface area (Å²) in [6.07, 6.45) is 5.32. The molecular weight excluding hydrogens is 359 g/mol. The first kappa shape index (κ1) is 16.4. The van der Waals surface area contributed by atoms with Gasteiger partial charge in [-0.15, -0.1) is 0 Å². The van der Waals surface area contributed by atoms with Gasteiger partial charge < -0.3 is 5.32 Å². The van der Waals surface area contributed by atoms with Crippen LogP contribution >= 0.6 is 23.2 Å². The predicted octanol–water partition coefficient (Wildman–Crippen LogP) is 6.04. The molecule has 0 saturated heterocycles. The van der Waals surface area contributed by atoms with Crippen LogP contribution in [-0.4, -0.2) is 4.92 Å². The molecule has 1 aliphatic heterocycles. The normalized spacial score (nSPS) is 23.7. The van der Waals surface area contributed by atoms with Crippen LogP contribution in [0.2, 0.25) is 10.0 Å². The highest BCUT2D eigenvalue weighted by Gasteiger charge is 2.39. The summed E-state index contributed by atoms with van der Waals surface area (Å²) in [7, 11) is 0. The molecule has 0 radical (unpaired) electrons. The van der Waals surface area contributed by atoms with Gasteiger partial charge in [-0.2, -0.15) is 0 Å². The molecule has 2 aliphatic rings. The van der Waals surface area contributed by atoms with Gasteiger partial charge in [-0.1, -0.05) is 41.4 Å². The number of hydrogen-bond acceptors (Lipinski definition) is 3. The smallest absolute Gasteiger partial charge is 0.288 e. The first-order chi connectivity index (χ1) is 12.0. The van der Waals surface area contributed by atoms with Gasteiger partial charge in [0.2, 0.25) is 0 Å². The molecule has 6 heteroatoms. The van der Waals surface area contributed by atoms with E-state index >= 15 is 0 Å². The molecule has 4 nitrogen and oxygen atoms in total. The zero-order valence-electron chi connectivity index (χ0n) is 13.5. The molecule has 0 bridgehead atoms. The zero-order chi connectivity index (χ0) is 17.7. The van der Waals surface area contributed by atoms with E-state index in [9.17, 15) is 10.1 Å². The summed E-state index contributed by atoms with van der Waals surface area (Å²) < 4.78 is 0. The maximum absolute atomic E-state index is 11.2. The summed E-state index contributed by atoms with van der Waals surface area (Å²) >= 11 is 12.2. The topological polar surface area (TPSA) is 55.2 Å². The first-order valence-electron chi connectivity index (χ1n) is 8.13. The first-order valence-corrected chi connectivity index (χ1v) is 8.88. The molecule has 3 atom stereocenters. The fourth-order valence-electron chi connectivity index (χ4n) is 4.03. The van der Waals surface area contributed by atoms with Gasteiger partial charge in [0.05, 0.1) is 11.0 Å². The van der Waals surface area contributed by atoms with E-state index in [1.165, 1.54) is 5.56 Å². The quantitative estimate of drug-likeness (QED) is 0.396. The fraction of sp³-hybridized carbons (Fsp3) is 0.263. The monoisotopic (exact) mass is 374 g/mol. The Bertz CT molecular complexity index is 911. The predicted molar refractivity (Wildman–Crippen MR) is 101 cm³/mol. The zero-order valence-corrected chi connectivity index (χ0v) is 15.0. The number of anilines is 1. The fourth-order valence-corrected chi connectivity index (χ4v) is 4.50. The van der Waals surface area contributed by atoms with Gasteiger partial charge in [-0.3, -0.25) is 10.1 Å². The summed E-state index contributed by atoms with van der Waals surface area (Å²) in [5.41, 5.74) is 4.18. The Kier molecular flexibility index (Phi) is 3.97. The third-order valence-electron chi connectivity index (χ3n) is 5.16.